The van der Waals surface area contributed by atoms with Crippen LogP contribution in [-0.2, 0) is 15.8 Å². The largest absolute Gasteiger partial charge is 0.315 e. The maximum Gasteiger partial charge on any atom is 0.216 e. The first kappa shape index (κ1) is 16.4. The van der Waals surface area contributed by atoms with Crippen molar-refractivity contribution in [3.8, 4) is 0 Å². The van der Waals surface area contributed by atoms with Crippen molar-refractivity contribution in [3.05, 3.63) is 35.6 Å². The second-order valence-corrected chi connectivity index (χ2v) is 6.30. The summed E-state index contributed by atoms with van der Waals surface area (Å²) < 4.78 is 39.5. The van der Waals surface area contributed by atoms with Crippen molar-refractivity contribution in [2.45, 2.75) is 24.6 Å². The van der Waals surface area contributed by atoms with Gasteiger partial charge in [0.2, 0.25) is 10.0 Å². The van der Waals surface area contributed by atoms with Crippen molar-refractivity contribution < 1.29 is 12.8 Å². The standard InChI is InChI=1S/C12H17FN2O2S.ClH/c13-11-4-1-3-10(7-11)9-18(16,17)15-12-5-2-6-14-8-12;/h1,3-4,7,12,14-15H,2,5-6,8-9H2;1H. The third-order valence-corrected chi connectivity index (χ3v) is 4.29. The fourth-order valence-electron chi connectivity index (χ4n) is 2.09. The van der Waals surface area contributed by atoms with Gasteiger partial charge < -0.3 is 5.32 Å². The number of hydrogen-bond donors (Lipinski definition) is 2. The molecule has 0 radical (unpaired) electrons. The number of nitrogens with one attached hydrogen (secondary N) is 2. The Morgan fingerprint density at radius 2 is 2.21 bits per heavy atom. The molecule has 1 fully saturated rings. The number of halogens is 2. The van der Waals surface area contributed by atoms with Crippen LogP contribution in [0.1, 0.15) is 18.4 Å². The summed E-state index contributed by atoms with van der Waals surface area (Å²) in [6.07, 6.45) is 1.81. The monoisotopic (exact) mass is 308 g/mol. The SMILES string of the molecule is Cl.O=S(=O)(Cc1cccc(F)c1)NC1CCCNC1. The molecule has 0 saturated carbocycles. The summed E-state index contributed by atoms with van der Waals surface area (Å²) >= 11 is 0. The third kappa shape index (κ3) is 5.44. The average molecular weight is 309 g/mol. The molecule has 108 valence electrons. The molecular weight excluding hydrogens is 291 g/mol. The number of hydrogen-bond acceptors (Lipinski definition) is 3. The van der Waals surface area contributed by atoms with Gasteiger partial charge in [-0.25, -0.2) is 17.5 Å². The van der Waals surface area contributed by atoms with E-state index < -0.39 is 15.8 Å². The van der Waals surface area contributed by atoms with Gasteiger partial charge >= 0.3 is 0 Å². The minimum atomic E-state index is -3.41. The van der Waals surface area contributed by atoms with Crippen molar-refractivity contribution in [3.63, 3.8) is 0 Å². The molecule has 1 atom stereocenters. The van der Waals surface area contributed by atoms with Crippen LogP contribution in [0.3, 0.4) is 0 Å². The molecule has 1 saturated heterocycles. The highest BCUT2D eigenvalue weighted by Gasteiger charge is 2.20. The molecule has 1 aromatic carbocycles. The van der Waals surface area contributed by atoms with E-state index in [1.165, 1.54) is 18.2 Å². The Kier molecular flexibility index (Phi) is 6.19. The average Bonchev–Trinajstić information content (AvgIpc) is 2.28. The van der Waals surface area contributed by atoms with Gasteiger partial charge in [0.25, 0.3) is 0 Å². The van der Waals surface area contributed by atoms with Gasteiger partial charge in [-0.3, -0.25) is 0 Å². The Morgan fingerprint density at radius 1 is 1.42 bits per heavy atom. The van der Waals surface area contributed by atoms with Gasteiger partial charge in [0.05, 0.1) is 5.75 Å². The maximum atomic E-state index is 13.0. The van der Waals surface area contributed by atoms with Gasteiger partial charge in [-0.1, -0.05) is 12.1 Å². The van der Waals surface area contributed by atoms with E-state index >= 15 is 0 Å². The molecule has 1 unspecified atom stereocenters. The molecule has 1 heterocycles. The van der Waals surface area contributed by atoms with Crippen molar-refractivity contribution in [1.29, 1.82) is 0 Å². The van der Waals surface area contributed by atoms with Crippen LogP contribution in [0.5, 0.6) is 0 Å². The predicted octanol–water partition coefficient (Wildman–Crippen LogP) is 1.42. The van der Waals surface area contributed by atoms with Gasteiger partial charge in [-0.2, -0.15) is 0 Å². The lowest BCUT2D eigenvalue weighted by atomic mass is 10.1. The molecule has 7 heteroatoms. The molecule has 2 N–H and O–H groups in total. The molecule has 0 spiro atoms. The van der Waals surface area contributed by atoms with Crippen LogP contribution < -0.4 is 10.0 Å². The minimum absolute atomic E-state index is 0. The Hall–Kier alpha value is -0.690. The van der Waals surface area contributed by atoms with Gasteiger partial charge in [-0.05, 0) is 37.1 Å². The molecule has 1 aliphatic heterocycles. The molecule has 0 amide bonds. The summed E-state index contributed by atoms with van der Waals surface area (Å²) in [6.45, 7) is 1.59. The van der Waals surface area contributed by atoms with E-state index in [-0.39, 0.29) is 24.2 Å². The van der Waals surface area contributed by atoms with Crippen LogP contribution >= 0.6 is 12.4 Å². The molecule has 1 aliphatic rings. The molecule has 19 heavy (non-hydrogen) atoms. The summed E-state index contributed by atoms with van der Waals surface area (Å²) in [7, 11) is -3.41. The lowest BCUT2D eigenvalue weighted by Crippen LogP contribution is -2.45. The summed E-state index contributed by atoms with van der Waals surface area (Å²) in [5.41, 5.74) is 0.464. The summed E-state index contributed by atoms with van der Waals surface area (Å²) in [6, 6.07) is 5.62. The number of benzene rings is 1. The van der Waals surface area contributed by atoms with Gasteiger partial charge in [0.15, 0.2) is 0 Å². The van der Waals surface area contributed by atoms with E-state index in [2.05, 4.69) is 10.0 Å². The van der Waals surface area contributed by atoms with E-state index in [9.17, 15) is 12.8 Å². The Morgan fingerprint density at radius 3 is 2.84 bits per heavy atom. The fourth-order valence-corrected chi connectivity index (χ4v) is 3.50. The number of rotatable bonds is 4. The third-order valence-electron chi connectivity index (χ3n) is 2.89. The first-order valence-electron chi connectivity index (χ1n) is 6.00. The highest BCUT2D eigenvalue weighted by molar-refractivity contribution is 7.88. The van der Waals surface area contributed by atoms with E-state index in [0.717, 1.165) is 19.4 Å². The summed E-state index contributed by atoms with van der Waals surface area (Å²) in [5, 5.41) is 3.14. The molecule has 0 bridgehead atoms. The van der Waals surface area contributed by atoms with Gasteiger partial charge in [0, 0.05) is 12.6 Å². The van der Waals surface area contributed by atoms with Crippen LogP contribution in [0.25, 0.3) is 0 Å². The number of sulfonamides is 1. The van der Waals surface area contributed by atoms with Crippen LogP contribution in [0.2, 0.25) is 0 Å². The molecule has 0 aromatic heterocycles. The predicted molar refractivity (Wildman–Crippen MR) is 75.3 cm³/mol. The lowest BCUT2D eigenvalue weighted by molar-refractivity contribution is 0.428. The van der Waals surface area contributed by atoms with E-state index in [1.54, 1.807) is 6.07 Å². The number of piperidine rings is 1. The van der Waals surface area contributed by atoms with E-state index in [0.29, 0.717) is 12.1 Å². The van der Waals surface area contributed by atoms with E-state index in [4.69, 9.17) is 0 Å². The zero-order chi connectivity index (χ0) is 13.0. The van der Waals surface area contributed by atoms with Crippen LogP contribution in [-0.4, -0.2) is 27.5 Å². The second-order valence-electron chi connectivity index (χ2n) is 4.55. The first-order valence-corrected chi connectivity index (χ1v) is 7.65. The first-order chi connectivity index (χ1) is 8.55. The normalized spacial score (nSPS) is 19.7. The zero-order valence-electron chi connectivity index (χ0n) is 10.4. The molecule has 0 aliphatic carbocycles. The molecular formula is C12H18ClFN2O2S. The quantitative estimate of drug-likeness (QED) is 0.884. The smallest absolute Gasteiger partial charge is 0.216 e. The highest BCUT2D eigenvalue weighted by atomic mass is 35.5. The molecule has 1 aromatic rings. The molecule has 4 nitrogen and oxygen atoms in total. The van der Waals surface area contributed by atoms with Crippen molar-refractivity contribution in [1.82, 2.24) is 10.0 Å². The van der Waals surface area contributed by atoms with Gasteiger partial charge in [-0.15, -0.1) is 12.4 Å². The Balaban J connectivity index is 0.00000180. The van der Waals surface area contributed by atoms with Gasteiger partial charge in [0.1, 0.15) is 5.82 Å². The van der Waals surface area contributed by atoms with Crippen LogP contribution in [0.15, 0.2) is 24.3 Å². The Bertz CT molecular complexity index is 504. The Labute approximate surface area is 119 Å². The minimum Gasteiger partial charge on any atom is -0.315 e. The van der Waals surface area contributed by atoms with Crippen molar-refractivity contribution >= 4 is 22.4 Å². The topological polar surface area (TPSA) is 58.2 Å². The van der Waals surface area contributed by atoms with Crippen LogP contribution in [0, 0.1) is 5.82 Å². The van der Waals surface area contributed by atoms with E-state index in [1.807, 2.05) is 0 Å². The lowest BCUT2D eigenvalue weighted by Gasteiger charge is -2.23. The summed E-state index contributed by atoms with van der Waals surface area (Å²) in [4.78, 5) is 0. The fraction of sp³-hybridized carbons (Fsp3) is 0.500. The van der Waals surface area contributed by atoms with Crippen LogP contribution in [0.4, 0.5) is 4.39 Å². The maximum absolute atomic E-state index is 13.0. The van der Waals surface area contributed by atoms with Crippen molar-refractivity contribution in [2.75, 3.05) is 13.1 Å². The molecule has 2 rings (SSSR count). The second kappa shape index (κ2) is 7.19. The highest BCUT2D eigenvalue weighted by Crippen LogP contribution is 2.09. The zero-order valence-corrected chi connectivity index (χ0v) is 12.1. The summed E-state index contributed by atoms with van der Waals surface area (Å²) in [5.74, 6) is -0.594. The van der Waals surface area contributed by atoms with Crippen molar-refractivity contribution in [2.24, 2.45) is 0 Å².